The van der Waals surface area contributed by atoms with Gasteiger partial charge in [-0.1, -0.05) is 54.6 Å². The predicted octanol–water partition coefficient (Wildman–Crippen LogP) is 2.70. The second kappa shape index (κ2) is 13.4. The minimum Gasteiger partial charge on any atom is -1.00 e. The highest BCUT2D eigenvalue weighted by molar-refractivity contribution is 7.95. The van der Waals surface area contributed by atoms with Crippen molar-refractivity contribution in [3.05, 3.63) is 91.0 Å². The molecule has 0 N–H and O–H groups in total. The topological polar surface area (TPSA) is 18.5 Å². The molecule has 1 fully saturated rings. The first-order valence-corrected chi connectivity index (χ1v) is 13.7. The van der Waals surface area contributed by atoms with E-state index in [1.54, 1.807) is 0 Å². The summed E-state index contributed by atoms with van der Waals surface area (Å²) in [4.78, 5) is 0. The number of halogens is 1. The highest BCUT2D eigenvalue weighted by Gasteiger charge is 2.44. The zero-order chi connectivity index (χ0) is 21.2. The average Bonchev–Trinajstić information content (AvgIpc) is 2.86. The normalized spacial score (nSPS) is 16.3. The maximum Gasteiger partial charge on any atom is 0.157 e. The Hall–Kier alpha value is -1.26. The van der Waals surface area contributed by atoms with Crippen LogP contribution in [0.1, 0.15) is 38.5 Å². The van der Waals surface area contributed by atoms with E-state index in [4.69, 9.17) is 9.47 Å². The molecule has 0 aliphatic carbocycles. The van der Waals surface area contributed by atoms with E-state index in [0.717, 1.165) is 26.1 Å². The summed E-state index contributed by atoms with van der Waals surface area (Å²) in [5.74, 6) is 0. The van der Waals surface area contributed by atoms with E-state index in [0.29, 0.717) is 0 Å². The van der Waals surface area contributed by atoms with Gasteiger partial charge >= 0.3 is 0 Å². The van der Waals surface area contributed by atoms with Gasteiger partial charge in [0.1, 0.15) is 23.2 Å². The number of hydrogen-bond donors (Lipinski definition) is 0. The lowest BCUT2D eigenvalue weighted by Gasteiger charge is -2.28. The number of ether oxygens (including phenoxy) is 2. The molecule has 1 saturated heterocycles. The Balaban J connectivity index is 0.00000289. The molecule has 1 aliphatic rings. The Morgan fingerprint density at radius 1 is 0.688 bits per heavy atom. The van der Waals surface area contributed by atoms with Crippen molar-refractivity contribution < 1.29 is 33.5 Å². The van der Waals surface area contributed by atoms with Gasteiger partial charge in [-0.05, 0) is 74.9 Å². The number of benzene rings is 3. The molecule has 0 radical (unpaired) electrons. The summed E-state index contributed by atoms with van der Waals surface area (Å²) in [6.45, 7) is 1.65. The predicted molar refractivity (Wildman–Crippen MR) is 133 cm³/mol. The zero-order valence-corrected chi connectivity index (χ0v) is 21.8. The fraction of sp³-hybridized carbons (Fsp3) is 0.357. The van der Waals surface area contributed by atoms with Crippen molar-refractivity contribution >= 4 is 23.2 Å². The molecule has 4 rings (SSSR count). The van der Waals surface area contributed by atoms with Crippen LogP contribution in [0.4, 0.5) is 0 Å². The van der Waals surface area contributed by atoms with E-state index >= 15 is 0 Å². The Morgan fingerprint density at radius 3 is 1.69 bits per heavy atom. The van der Waals surface area contributed by atoms with Gasteiger partial charge in [0, 0.05) is 13.2 Å². The summed E-state index contributed by atoms with van der Waals surface area (Å²) in [5.41, 5.74) is 0. The van der Waals surface area contributed by atoms with Gasteiger partial charge in [-0.2, -0.15) is 0 Å². The van der Waals surface area contributed by atoms with Gasteiger partial charge in [0.25, 0.3) is 0 Å². The second-order valence-corrected chi connectivity index (χ2v) is 11.9. The molecule has 3 aromatic rings. The molecule has 0 saturated carbocycles. The molecule has 1 atom stereocenters. The molecule has 0 amide bonds. The fourth-order valence-corrected chi connectivity index (χ4v) is 8.98. The highest BCUT2D eigenvalue weighted by atomic mass is 127. The first kappa shape index (κ1) is 25.4. The van der Waals surface area contributed by atoms with E-state index in [1.807, 2.05) is 0 Å². The van der Waals surface area contributed by atoms with Crippen LogP contribution in [0.5, 0.6) is 0 Å². The van der Waals surface area contributed by atoms with Gasteiger partial charge in [0.15, 0.2) is 6.29 Å². The van der Waals surface area contributed by atoms with Crippen LogP contribution in [-0.4, -0.2) is 25.7 Å². The quantitative estimate of drug-likeness (QED) is 0.216. The average molecular weight is 560 g/mol. The van der Waals surface area contributed by atoms with Gasteiger partial charge in [0.05, 0.1) is 6.16 Å². The molecule has 0 spiro atoms. The standard InChI is InChI=1S/C28H34O2P.HI/c1-5-15-25(16-6-1)31(26-17-7-2-8-18-26,27-19-9-3-10-20-27)24-14-4-12-22-29-28-21-11-13-23-30-28;/h1-3,5-10,15-20,28H,4,11-14,21-24H2;1H/q+1;/p-1. The molecule has 4 heteroatoms. The Labute approximate surface area is 211 Å². The fourth-order valence-electron chi connectivity index (χ4n) is 4.57. The summed E-state index contributed by atoms with van der Waals surface area (Å²) < 4.78 is 11.7. The van der Waals surface area contributed by atoms with Crippen molar-refractivity contribution in [2.75, 3.05) is 19.4 Å². The maximum absolute atomic E-state index is 5.96. The Morgan fingerprint density at radius 2 is 1.22 bits per heavy atom. The second-order valence-electron chi connectivity index (χ2n) is 8.27. The molecule has 32 heavy (non-hydrogen) atoms. The van der Waals surface area contributed by atoms with Crippen LogP contribution < -0.4 is 39.9 Å². The molecule has 1 heterocycles. The van der Waals surface area contributed by atoms with E-state index in [1.165, 1.54) is 47.8 Å². The van der Waals surface area contributed by atoms with Crippen molar-refractivity contribution in [1.82, 2.24) is 0 Å². The smallest absolute Gasteiger partial charge is 0.157 e. The molecular weight excluding hydrogens is 526 g/mol. The Bertz CT molecular complexity index is 786. The van der Waals surface area contributed by atoms with E-state index < -0.39 is 7.26 Å². The lowest BCUT2D eigenvalue weighted by Crippen LogP contribution is -3.00. The van der Waals surface area contributed by atoms with Gasteiger partial charge in [0.2, 0.25) is 0 Å². The summed E-state index contributed by atoms with van der Waals surface area (Å²) >= 11 is 0. The van der Waals surface area contributed by atoms with Crippen molar-refractivity contribution in [1.29, 1.82) is 0 Å². The monoisotopic (exact) mass is 560 g/mol. The lowest BCUT2D eigenvalue weighted by atomic mass is 10.2. The van der Waals surface area contributed by atoms with Gasteiger partial charge in [-0.25, -0.2) is 0 Å². The van der Waals surface area contributed by atoms with Gasteiger partial charge in [-0.15, -0.1) is 0 Å². The zero-order valence-electron chi connectivity index (χ0n) is 18.7. The molecule has 0 aromatic heterocycles. The molecular formula is C28H34IO2P. The van der Waals surface area contributed by atoms with Crippen LogP contribution in [0.2, 0.25) is 0 Å². The first-order chi connectivity index (χ1) is 15.4. The van der Waals surface area contributed by atoms with Crippen LogP contribution >= 0.6 is 7.26 Å². The van der Waals surface area contributed by atoms with Crippen LogP contribution in [0.15, 0.2) is 91.0 Å². The molecule has 0 bridgehead atoms. The van der Waals surface area contributed by atoms with E-state index in [9.17, 15) is 0 Å². The largest absolute Gasteiger partial charge is 1.00 e. The molecule has 3 aromatic carbocycles. The lowest BCUT2D eigenvalue weighted by molar-refractivity contribution is -0.162. The summed E-state index contributed by atoms with van der Waals surface area (Å²) in [6, 6.07) is 33.5. The summed E-state index contributed by atoms with van der Waals surface area (Å²) in [7, 11) is -1.69. The Kier molecular flexibility index (Phi) is 10.7. The van der Waals surface area contributed by atoms with Crippen molar-refractivity contribution in [2.24, 2.45) is 0 Å². The molecule has 1 unspecified atom stereocenters. The van der Waals surface area contributed by atoms with Gasteiger partial charge in [-0.3, -0.25) is 0 Å². The number of unbranched alkanes of at least 4 members (excludes halogenated alkanes) is 2. The van der Waals surface area contributed by atoms with Gasteiger partial charge < -0.3 is 33.5 Å². The maximum atomic E-state index is 5.96. The minimum atomic E-state index is -1.69. The van der Waals surface area contributed by atoms with Crippen LogP contribution in [-0.2, 0) is 9.47 Å². The third-order valence-electron chi connectivity index (χ3n) is 6.17. The molecule has 2 nitrogen and oxygen atoms in total. The highest BCUT2D eigenvalue weighted by Crippen LogP contribution is 2.55. The third kappa shape index (κ3) is 6.41. The van der Waals surface area contributed by atoms with Crippen molar-refractivity contribution in [3.63, 3.8) is 0 Å². The van der Waals surface area contributed by atoms with Crippen LogP contribution in [0, 0.1) is 0 Å². The van der Waals surface area contributed by atoms with Crippen LogP contribution in [0.25, 0.3) is 0 Å². The molecule has 1 aliphatic heterocycles. The number of hydrogen-bond acceptors (Lipinski definition) is 2. The summed E-state index contributed by atoms with van der Waals surface area (Å²) in [6.07, 6.45) is 8.13. The van der Waals surface area contributed by atoms with E-state index in [-0.39, 0.29) is 30.3 Å². The molecule has 170 valence electrons. The van der Waals surface area contributed by atoms with E-state index in [2.05, 4.69) is 91.0 Å². The number of rotatable bonds is 10. The summed E-state index contributed by atoms with van der Waals surface area (Å²) in [5, 5.41) is 4.41. The van der Waals surface area contributed by atoms with Crippen molar-refractivity contribution in [2.45, 2.75) is 44.8 Å². The third-order valence-corrected chi connectivity index (χ3v) is 10.7. The van der Waals surface area contributed by atoms with Crippen molar-refractivity contribution in [3.8, 4) is 0 Å². The van der Waals surface area contributed by atoms with Crippen LogP contribution in [0.3, 0.4) is 0 Å². The first-order valence-electron chi connectivity index (χ1n) is 11.7. The minimum absolute atomic E-state index is 0. The SMILES string of the molecule is [I-].c1ccc([P+](CCCCCOC2CCCCO2)(c2ccccc2)c2ccccc2)cc1.